The van der Waals surface area contributed by atoms with E-state index in [9.17, 15) is 14.4 Å². The van der Waals surface area contributed by atoms with Gasteiger partial charge in [0.05, 0.1) is 24.1 Å². The van der Waals surface area contributed by atoms with Crippen LogP contribution in [-0.4, -0.2) is 70.3 Å². The summed E-state index contributed by atoms with van der Waals surface area (Å²) >= 11 is 2.65. The number of carbonyl (C=O) groups is 3. The Morgan fingerprint density at radius 2 is 2.18 bits per heavy atom. The summed E-state index contributed by atoms with van der Waals surface area (Å²) < 4.78 is 12.1. The first-order valence-corrected chi connectivity index (χ1v) is 14.4. The quantitative estimate of drug-likeness (QED) is 0.268. The summed E-state index contributed by atoms with van der Waals surface area (Å²) in [5.74, 6) is -0.329. The highest BCUT2D eigenvalue weighted by Gasteiger charge is 2.32. The number of aliphatic imine (C=N–C) groups is 1. The number of carbonyl (C=O) groups excluding carboxylic acids is 3. The first kappa shape index (κ1) is 28.1. The predicted octanol–water partition coefficient (Wildman–Crippen LogP) is 3.73. The van der Waals surface area contributed by atoms with E-state index in [1.165, 1.54) is 23.1 Å². The summed E-state index contributed by atoms with van der Waals surface area (Å²) in [6.07, 6.45) is 8.47. The zero-order valence-corrected chi connectivity index (χ0v) is 23.7. The molecule has 12 heteroatoms. The fraction of sp³-hybridized carbons (Fsp3) is 0.500. The Balaban J connectivity index is 1.49. The molecule has 3 heterocycles. The second-order valence-corrected chi connectivity index (χ2v) is 11.3. The lowest BCUT2D eigenvalue weighted by Gasteiger charge is -2.18. The van der Waals surface area contributed by atoms with Crippen LogP contribution >= 0.6 is 23.1 Å². The van der Waals surface area contributed by atoms with Crippen molar-refractivity contribution in [3.8, 4) is 0 Å². The molecule has 1 atom stereocenters. The molecule has 1 aliphatic heterocycles. The van der Waals surface area contributed by atoms with Crippen LogP contribution in [0.15, 0.2) is 23.1 Å². The van der Waals surface area contributed by atoms with Crippen LogP contribution in [0.2, 0.25) is 0 Å². The minimum Gasteiger partial charge on any atom is -0.462 e. The van der Waals surface area contributed by atoms with E-state index in [1.807, 2.05) is 0 Å². The first-order chi connectivity index (χ1) is 18.3. The van der Waals surface area contributed by atoms with Gasteiger partial charge in [0, 0.05) is 43.9 Å². The molecule has 0 radical (unpaired) electrons. The standard InChI is InChI=1S/C26H33N5O5S2/c1-5-36-25(34)22-18-8-7-16(2)11-20(18)38-23(22)29-21(32)15-37-26-28-19(12-17-13-27-30(3)14-17)24(33)31(26)9-6-10-35-4/h12-14,16H,5-11,15H2,1-4H3,(H,29,32)/b19-12+/t16-/m1/s1. The number of ether oxygens (including phenoxy) is 2. The lowest BCUT2D eigenvalue weighted by Crippen LogP contribution is -2.32. The number of methoxy groups -OCH3 is 1. The monoisotopic (exact) mass is 559 g/mol. The van der Waals surface area contributed by atoms with Crippen LogP contribution < -0.4 is 5.32 Å². The van der Waals surface area contributed by atoms with Gasteiger partial charge >= 0.3 is 5.97 Å². The molecule has 2 aromatic rings. The molecule has 38 heavy (non-hydrogen) atoms. The molecule has 0 saturated heterocycles. The van der Waals surface area contributed by atoms with E-state index in [0.717, 1.165) is 35.3 Å². The Kier molecular flexibility index (Phi) is 9.40. The molecule has 10 nitrogen and oxygen atoms in total. The average Bonchev–Trinajstić information content (AvgIpc) is 3.53. The molecule has 1 aliphatic carbocycles. The highest BCUT2D eigenvalue weighted by molar-refractivity contribution is 8.14. The van der Waals surface area contributed by atoms with E-state index in [1.54, 1.807) is 49.1 Å². The van der Waals surface area contributed by atoms with Crippen molar-refractivity contribution in [1.82, 2.24) is 14.7 Å². The third-order valence-corrected chi connectivity index (χ3v) is 8.39. The van der Waals surface area contributed by atoms with Gasteiger partial charge in [-0.3, -0.25) is 19.2 Å². The second kappa shape index (κ2) is 12.7. The van der Waals surface area contributed by atoms with Crippen molar-refractivity contribution in [3.05, 3.63) is 39.7 Å². The van der Waals surface area contributed by atoms with Crippen LogP contribution in [0, 0.1) is 5.92 Å². The fourth-order valence-electron chi connectivity index (χ4n) is 4.43. The molecule has 4 rings (SSSR count). The zero-order chi connectivity index (χ0) is 27.2. The van der Waals surface area contributed by atoms with Crippen LogP contribution in [0.1, 0.15) is 53.1 Å². The van der Waals surface area contributed by atoms with Crippen molar-refractivity contribution in [2.75, 3.05) is 37.9 Å². The SMILES string of the molecule is CCOC(=O)c1c(NC(=O)CSC2=N/C(=C/c3cnn(C)c3)C(=O)N2CCCOC)sc2c1CC[C@@H](C)C2. The lowest BCUT2D eigenvalue weighted by atomic mass is 9.88. The van der Waals surface area contributed by atoms with E-state index in [0.29, 0.717) is 46.9 Å². The summed E-state index contributed by atoms with van der Waals surface area (Å²) in [6, 6.07) is 0. The van der Waals surface area contributed by atoms with Crippen LogP contribution in [0.25, 0.3) is 6.08 Å². The van der Waals surface area contributed by atoms with Gasteiger partial charge in [-0.2, -0.15) is 5.10 Å². The van der Waals surface area contributed by atoms with Crippen molar-refractivity contribution in [3.63, 3.8) is 0 Å². The molecular formula is C26H33N5O5S2. The smallest absolute Gasteiger partial charge is 0.341 e. The highest BCUT2D eigenvalue weighted by atomic mass is 32.2. The molecule has 2 aromatic heterocycles. The molecule has 0 spiro atoms. The number of thiophene rings is 1. The third-order valence-electron chi connectivity index (χ3n) is 6.25. The Bertz CT molecular complexity index is 1260. The first-order valence-electron chi connectivity index (χ1n) is 12.6. The summed E-state index contributed by atoms with van der Waals surface area (Å²) in [5, 5.41) is 8.06. The van der Waals surface area contributed by atoms with Gasteiger partial charge in [0.1, 0.15) is 10.7 Å². The number of amides is 2. The molecule has 0 unspecified atom stereocenters. The topological polar surface area (TPSA) is 115 Å². The van der Waals surface area contributed by atoms with E-state index in [2.05, 4.69) is 22.3 Å². The Hall–Kier alpha value is -2.96. The maximum Gasteiger partial charge on any atom is 0.341 e. The van der Waals surface area contributed by atoms with Gasteiger partial charge in [-0.05, 0) is 50.2 Å². The summed E-state index contributed by atoms with van der Waals surface area (Å²) in [4.78, 5) is 46.1. The van der Waals surface area contributed by atoms with Crippen molar-refractivity contribution in [2.45, 2.75) is 39.5 Å². The van der Waals surface area contributed by atoms with E-state index in [4.69, 9.17) is 9.47 Å². The van der Waals surface area contributed by atoms with Gasteiger partial charge < -0.3 is 14.8 Å². The molecule has 2 aliphatic rings. The molecule has 0 bridgehead atoms. The number of esters is 1. The maximum absolute atomic E-state index is 13.1. The predicted molar refractivity (Wildman–Crippen MR) is 149 cm³/mol. The van der Waals surface area contributed by atoms with Crippen LogP contribution in [0.3, 0.4) is 0 Å². The number of nitrogens with zero attached hydrogens (tertiary/aromatic N) is 4. The fourth-order valence-corrected chi connectivity index (χ4v) is 6.67. The summed E-state index contributed by atoms with van der Waals surface area (Å²) in [5.41, 5.74) is 2.54. The number of thioether (sulfide) groups is 1. The Morgan fingerprint density at radius 3 is 2.89 bits per heavy atom. The zero-order valence-electron chi connectivity index (χ0n) is 22.1. The Labute approximate surface area is 230 Å². The number of rotatable bonds is 10. The van der Waals surface area contributed by atoms with Crippen molar-refractivity contribution >= 4 is 57.1 Å². The number of fused-ring (bicyclic) bond motifs is 1. The van der Waals surface area contributed by atoms with Gasteiger partial charge in [-0.15, -0.1) is 11.3 Å². The third kappa shape index (κ3) is 6.54. The Morgan fingerprint density at radius 1 is 1.37 bits per heavy atom. The van der Waals surface area contributed by atoms with Crippen LogP contribution in [-0.2, 0) is 39.0 Å². The van der Waals surface area contributed by atoms with E-state index in [-0.39, 0.29) is 24.2 Å². The average molecular weight is 560 g/mol. The number of hydrogen-bond acceptors (Lipinski definition) is 9. The van der Waals surface area contributed by atoms with Gasteiger partial charge in [-0.1, -0.05) is 18.7 Å². The van der Waals surface area contributed by atoms with Crippen LogP contribution in [0.5, 0.6) is 0 Å². The number of aryl methyl sites for hydroxylation is 1. The number of anilines is 1. The second-order valence-electron chi connectivity index (χ2n) is 9.29. The summed E-state index contributed by atoms with van der Waals surface area (Å²) in [6.45, 7) is 5.16. The maximum atomic E-state index is 13.1. The van der Waals surface area contributed by atoms with E-state index >= 15 is 0 Å². The molecule has 2 amide bonds. The molecule has 0 fully saturated rings. The van der Waals surface area contributed by atoms with Gasteiger partial charge in [0.2, 0.25) is 5.91 Å². The van der Waals surface area contributed by atoms with E-state index < -0.39 is 5.97 Å². The van der Waals surface area contributed by atoms with Crippen molar-refractivity contribution in [1.29, 1.82) is 0 Å². The summed E-state index contributed by atoms with van der Waals surface area (Å²) in [7, 11) is 3.41. The highest BCUT2D eigenvalue weighted by Crippen LogP contribution is 2.40. The number of nitrogens with one attached hydrogen (secondary N) is 1. The molecular weight excluding hydrogens is 526 g/mol. The van der Waals surface area contributed by atoms with Gasteiger partial charge in [0.15, 0.2) is 5.17 Å². The largest absolute Gasteiger partial charge is 0.462 e. The lowest BCUT2D eigenvalue weighted by molar-refractivity contribution is -0.122. The minimum atomic E-state index is -0.400. The molecule has 1 N–H and O–H groups in total. The number of aromatic nitrogens is 2. The number of amidine groups is 1. The van der Waals surface area contributed by atoms with Gasteiger partial charge in [0.25, 0.3) is 5.91 Å². The molecule has 0 saturated carbocycles. The van der Waals surface area contributed by atoms with Crippen molar-refractivity contribution in [2.24, 2.45) is 18.0 Å². The van der Waals surface area contributed by atoms with Crippen molar-refractivity contribution < 1.29 is 23.9 Å². The van der Waals surface area contributed by atoms with Gasteiger partial charge in [-0.25, -0.2) is 9.79 Å². The molecule has 204 valence electrons. The minimum absolute atomic E-state index is 0.0360. The van der Waals surface area contributed by atoms with Crippen LogP contribution in [0.4, 0.5) is 5.00 Å². The molecule has 0 aromatic carbocycles. The number of hydrogen-bond donors (Lipinski definition) is 1. The normalized spacial score (nSPS) is 18.1.